The zero-order valence-corrected chi connectivity index (χ0v) is 15.8. The van der Waals surface area contributed by atoms with Crippen molar-refractivity contribution in [1.82, 2.24) is 9.97 Å². The average Bonchev–Trinajstić information content (AvgIpc) is 2.63. The number of nitrogens with zero attached hydrogens (tertiary/aromatic N) is 2. The Labute approximate surface area is 148 Å². The molecular formula is C22H36N2. The molecule has 0 radical (unpaired) electrons. The molecule has 2 aliphatic carbocycles. The lowest BCUT2D eigenvalue weighted by Crippen LogP contribution is -2.18. The van der Waals surface area contributed by atoms with Crippen molar-refractivity contribution in [2.24, 2.45) is 17.8 Å². The summed E-state index contributed by atoms with van der Waals surface area (Å²) < 4.78 is 0. The van der Waals surface area contributed by atoms with Gasteiger partial charge in [0.05, 0.1) is 0 Å². The molecule has 2 saturated carbocycles. The number of hydrogen-bond donors (Lipinski definition) is 0. The molecule has 0 bridgehead atoms. The van der Waals surface area contributed by atoms with Gasteiger partial charge in [0, 0.05) is 18.3 Å². The summed E-state index contributed by atoms with van der Waals surface area (Å²) in [6.45, 7) is 4.40. The maximum Gasteiger partial charge on any atom is 0.131 e. The maximum atomic E-state index is 4.56. The molecule has 134 valence electrons. The van der Waals surface area contributed by atoms with Crippen LogP contribution in [0.1, 0.15) is 101 Å². The fourth-order valence-electron chi connectivity index (χ4n) is 5.01. The summed E-state index contributed by atoms with van der Waals surface area (Å²) in [5.74, 6) is 4.77. The first kappa shape index (κ1) is 17.9. The Morgan fingerprint density at radius 2 is 1.21 bits per heavy atom. The van der Waals surface area contributed by atoms with Crippen molar-refractivity contribution in [3.8, 4) is 0 Å². The molecule has 1 aromatic rings. The smallest absolute Gasteiger partial charge is 0.131 e. The van der Waals surface area contributed by atoms with Crippen LogP contribution in [-0.4, -0.2) is 9.97 Å². The largest absolute Gasteiger partial charge is 0.241 e. The van der Waals surface area contributed by atoms with Crippen LogP contribution >= 0.6 is 0 Å². The van der Waals surface area contributed by atoms with Gasteiger partial charge in [-0.15, -0.1) is 0 Å². The molecule has 0 aliphatic heterocycles. The zero-order valence-electron chi connectivity index (χ0n) is 15.8. The first-order chi connectivity index (χ1) is 11.7. The first-order valence-electron chi connectivity index (χ1n) is 10.5. The highest BCUT2D eigenvalue weighted by atomic mass is 14.9. The average molecular weight is 329 g/mol. The molecule has 2 nitrogen and oxygen atoms in total. The van der Waals surface area contributed by atoms with Gasteiger partial charge in [-0.2, -0.15) is 0 Å². The van der Waals surface area contributed by atoms with E-state index in [4.69, 9.17) is 0 Å². The van der Waals surface area contributed by atoms with Gasteiger partial charge in [0.15, 0.2) is 0 Å². The summed E-state index contributed by atoms with van der Waals surface area (Å²) in [6.07, 6.45) is 21.2. The Bertz CT molecular complexity index is 465. The topological polar surface area (TPSA) is 25.8 Å². The molecule has 0 spiro atoms. The van der Waals surface area contributed by atoms with Crippen LogP contribution in [-0.2, 0) is 0 Å². The number of aromatic nitrogens is 2. The van der Waals surface area contributed by atoms with Crippen LogP contribution in [0, 0.1) is 24.7 Å². The lowest BCUT2D eigenvalue weighted by molar-refractivity contribution is 0.223. The Morgan fingerprint density at radius 3 is 1.71 bits per heavy atom. The van der Waals surface area contributed by atoms with E-state index in [2.05, 4.69) is 23.8 Å². The molecule has 1 heterocycles. The molecule has 0 unspecified atom stereocenters. The Balaban J connectivity index is 1.35. The Kier molecular flexibility index (Phi) is 6.68. The molecular weight excluding hydrogens is 292 g/mol. The molecule has 3 rings (SSSR count). The fourth-order valence-corrected chi connectivity index (χ4v) is 5.01. The second-order valence-corrected chi connectivity index (χ2v) is 8.59. The standard InChI is InChI=1S/C22H36N2/c1-3-4-18-5-7-19(8-6-18)9-10-20-11-13-21(14-12-20)22-23-15-17(2)16-24-22/h15-16,18-21H,3-14H2,1-2H3. The van der Waals surface area contributed by atoms with Crippen LogP contribution in [0.2, 0.25) is 0 Å². The lowest BCUT2D eigenvalue weighted by atomic mass is 9.75. The lowest BCUT2D eigenvalue weighted by Gasteiger charge is -2.31. The van der Waals surface area contributed by atoms with Gasteiger partial charge >= 0.3 is 0 Å². The van der Waals surface area contributed by atoms with Gasteiger partial charge in [0.1, 0.15) is 5.82 Å². The number of hydrogen-bond acceptors (Lipinski definition) is 2. The van der Waals surface area contributed by atoms with Crippen molar-refractivity contribution in [1.29, 1.82) is 0 Å². The van der Waals surface area contributed by atoms with Gasteiger partial charge in [-0.1, -0.05) is 58.3 Å². The van der Waals surface area contributed by atoms with Crippen LogP contribution in [0.15, 0.2) is 12.4 Å². The number of aryl methyl sites for hydroxylation is 1. The van der Waals surface area contributed by atoms with E-state index >= 15 is 0 Å². The SMILES string of the molecule is CCCC1CCC(CCC2CCC(c3ncc(C)cn3)CC2)CC1. The van der Waals surface area contributed by atoms with E-state index in [0.29, 0.717) is 5.92 Å². The van der Waals surface area contributed by atoms with Crippen molar-refractivity contribution < 1.29 is 0 Å². The summed E-state index contributed by atoms with van der Waals surface area (Å²) in [4.78, 5) is 9.11. The summed E-state index contributed by atoms with van der Waals surface area (Å²) in [7, 11) is 0. The zero-order chi connectivity index (χ0) is 16.8. The van der Waals surface area contributed by atoms with Crippen LogP contribution < -0.4 is 0 Å². The van der Waals surface area contributed by atoms with E-state index in [1.165, 1.54) is 82.6 Å². The summed E-state index contributed by atoms with van der Waals surface area (Å²) >= 11 is 0. The van der Waals surface area contributed by atoms with E-state index in [0.717, 1.165) is 23.6 Å². The minimum Gasteiger partial charge on any atom is -0.241 e. The minimum atomic E-state index is 0.617. The Hall–Kier alpha value is -0.920. The Morgan fingerprint density at radius 1 is 0.750 bits per heavy atom. The van der Waals surface area contributed by atoms with E-state index in [1.807, 2.05) is 12.4 Å². The third kappa shape index (κ3) is 5.04. The van der Waals surface area contributed by atoms with Gasteiger partial charge in [0.25, 0.3) is 0 Å². The van der Waals surface area contributed by atoms with Crippen molar-refractivity contribution in [3.63, 3.8) is 0 Å². The quantitative estimate of drug-likeness (QED) is 0.600. The second kappa shape index (κ2) is 8.97. The number of rotatable bonds is 6. The maximum absolute atomic E-state index is 4.56. The first-order valence-corrected chi connectivity index (χ1v) is 10.5. The summed E-state index contributed by atoms with van der Waals surface area (Å²) in [5.41, 5.74) is 1.17. The van der Waals surface area contributed by atoms with E-state index < -0.39 is 0 Å². The third-order valence-corrected chi connectivity index (χ3v) is 6.66. The van der Waals surface area contributed by atoms with Crippen molar-refractivity contribution in [2.45, 2.75) is 96.8 Å². The van der Waals surface area contributed by atoms with Gasteiger partial charge in [-0.3, -0.25) is 0 Å². The molecule has 1 aromatic heterocycles. The van der Waals surface area contributed by atoms with Crippen LogP contribution in [0.25, 0.3) is 0 Å². The molecule has 2 aliphatic rings. The molecule has 2 heteroatoms. The van der Waals surface area contributed by atoms with Crippen LogP contribution in [0.3, 0.4) is 0 Å². The third-order valence-electron chi connectivity index (χ3n) is 6.66. The van der Waals surface area contributed by atoms with Crippen molar-refractivity contribution in [2.75, 3.05) is 0 Å². The normalized spacial score (nSPS) is 31.1. The predicted molar refractivity (Wildman–Crippen MR) is 101 cm³/mol. The molecule has 0 amide bonds. The van der Waals surface area contributed by atoms with Gasteiger partial charge in [-0.05, 0) is 55.9 Å². The monoisotopic (exact) mass is 328 g/mol. The van der Waals surface area contributed by atoms with Crippen LogP contribution in [0.4, 0.5) is 0 Å². The second-order valence-electron chi connectivity index (χ2n) is 8.59. The van der Waals surface area contributed by atoms with E-state index in [1.54, 1.807) is 0 Å². The minimum absolute atomic E-state index is 0.617. The summed E-state index contributed by atoms with van der Waals surface area (Å²) in [6, 6.07) is 0. The van der Waals surface area contributed by atoms with Gasteiger partial charge in [-0.25, -0.2) is 9.97 Å². The van der Waals surface area contributed by atoms with Gasteiger partial charge in [0.2, 0.25) is 0 Å². The fraction of sp³-hybridized carbons (Fsp3) is 0.818. The van der Waals surface area contributed by atoms with Crippen molar-refractivity contribution in [3.05, 3.63) is 23.8 Å². The molecule has 0 aromatic carbocycles. The molecule has 0 saturated heterocycles. The van der Waals surface area contributed by atoms with E-state index in [-0.39, 0.29) is 0 Å². The van der Waals surface area contributed by atoms with Crippen molar-refractivity contribution >= 4 is 0 Å². The highest BCUT2D eigenvalue weighted by molar-refractivity contribution is 5.05. The van der Waals surface area contributed by atoms with E-state index in [9.17, 15) is 0 Å². The predicted octanol–water partition coefficient (Wildman–Crippen LogP) is 6.45. The molecule has 0 N–H and O–H groups in total. The van der Waals surface area contributed by atoms with Crippen LogP contribution in [0.5, 0.6) is 0 Å². The molecule has 2 fully saturated rings. The molecule has 24 heavy (non-hydrogen) atoms. The highest BCUT2D eigenvalue weighted by Gasteiger charge is 2.26. The highest BCUT2D eigenvalue weighted by Crippen LogP contribution is 2.39. The summed E-state index contributed by atoms with van der Waals surface area (Å²) in [5, 5.41) is 0. The van der Waals surface area contributed by atoms with Gasteiger partial charge < -0.3 is 0 Å². The molecule has 0 atom stereocenters.